The largest absolute Gasteiger partial charge is 0.480 e. The summed E-state index contributed by atoms with van der Waals surface area (Å²) in [6.07, 6.45) is 0.238. The predicted octanol–water partition coefficient (Wildman–Crippen LogP) is 3.35. The van der Waals surface area contributed by atoms with E-state index in [1.165, 1.54) is 0 Å². The number of ether oxygens (including phenoxy) is 1. The molecule has 1 aliphatic rings. The highest BCUT2D eigenvalue weighted by atomic mass is 35.5. The van der Waals surface area contributed by atoms with E-state index in [-0.39, 0.29) is 5.78 Å². The second-order valence-corrected chi connectivity index (χ2v) is 3.99. The molecule has 1 heterocycles. The van der Waals surface area contributed by atoms with Crippen LogP contribution in [0.5, 0.6) is 5.75 Å². The molecule has 0 bridgehead atoms. The minimum Gasteiger partial charge on any atom is -0.480 e. The number of hydrogen-bond donors (Lipinski definition) is 0. The summed E-state index contributed by atoms with van der Waals surface area (Å²) in [6.45, 7) is 1.89. The zero-order valence-corrected chi connectivity index (χ0v) is 9.02. The van der Waals surface area contributed by atoms with Crippen molar-refractivity contribution in [3.8, 4) is 5.75 Å². The summed E-state index contributed by atoms with van der Waals surface area (Å²) in [5.41, 5.74) is 0.495. The van der Waals surface area contributed by atoms with E-state index in [0.29, 0.717) is 27.8 Å². The van der Waals surface area contributed by atoms with Gasteiger partial charge >= 0.3 is 0 Å². The van der Waals surface area contributed by atoms with Gasteiger partial charge in [-0.2, -0.15) is 0 Å². The van der Waals surface area contributed by atoms with Crippen molar-refractivity contribution in [3.05, 3.63) is 27.7 Å². The van der Waals surface area contributed by atoms with Crippen molar-refractivity contribution < 1.29 is 9.53 Å². The number of carbonyl (C=O) groups excluding carboxylic acids is 1. The summed E-state index contributed by atoms with van der Waals surface area (Å²) < 4.78 is 5.41. The lowest BCUT2D eigenvalue weighted by Crippen LogP contribution is -2.18. The standard InChI is InChI=1S/C10H8Cl2O2/c1-2-8-9(13)6-3-5(11)4-7(12)10(6)14-8/h3-4,8H,2H2,1H3. The highest BCUT2D eigenvalue weighted by Gasteiger charge is 2.32. The topological polar surface area (TPSA) is 26.3 Å². The van der Waals surface area contributed by atoms with Crippen LogP contribution in [0.1, 0.15) is 23.7 Å². The Morgan fingerprint density at radius 3 is 2.79 bits per heavy atom. The van der Waals surface area contributed by atoms with E-state index in [4.69, 9.17) is 27.9 Å². The van der Waals surface area contributed by atoms with Crippen LogP contribution in [-0.4, -0.2) is 11.9 Å². The third-order valence-corrected chi connectivity index (χ3v) is 2.70. The lowest BCUT2D eigenvalue weighted by Gasteiger charge is -2.05. The van der Waals surface area contributed by atoms with Gasteiger partial charge in [-0.1, -0.05) is 30.1 Å². The monoisotopic (exact) mass is 230 g/mol. The van der Waals surface area contributed by atoms with E-state index >= 15 is 0 Å². The van der Waals surface area contributed by atoms with Crippen molar-refractivity contribution in [1.29, 1.82) is 0 Å². The van der Waals surface area contributed by atoms with Gasteiger partial charge in [0.2, 0.25) is 5.78 Å². The Bertz CT molecular complexity index is 401. The molecule has 1 aromatic carbocycles. The maximum Gasteiger partial charge on any atom is 0.207 e. The molecular weight excluding hydrogens is 223 g/mol. The summed E-state index contributed by atoms with van der Waals surface area (Å²) in [4.78, 5) is 11.7. The van der Waals surface area contributed by atoms with E-state index in [1.807, 2.05) is 6.92 Å². The summed E-state index contributed by atoms with van der Waals surface area (Å²) in [5.74, 6) is 0.430. The molecule has 2 nitrogen and oxygen atoms in total. The second kappa shape index (κ2) is 3.44. The van der Waals surface area contributed by atoms with Crippen LogP contribution in [0.15, 0.2) is 12.1 Å². The summed E-state index contributed by atoms with van der Waals surface area (Å²) >= 11 is 11.7. The summed E-state index contributed by atoms with van der Waals surface area (Å²) in [6, 6.07) is 3.17. The molecule has 1 atom stereocenters. The molecule has 0 amide bonds. The quantitative estimate of drug-likeness (QED) is 0.740. The summed E-state index contributed by atoms with van der Waals surface area (Å²) in [5, 5.41) is 0.860. The van der Waals surface area contributed by atoms with E-state index in [0.717, 1.165) is 0 Å². The third kappa shape index (κ3) is 1.39. The van der Waals surface area contributed by atoms with Gasteiger partial charge in [0.15, 0.2) is 6.10 Å². The normalized spacial score (nSPS) is 19.4. The molecule has 0 aromatic heterocycles. The number of Topliss-reactive ketones (excluding diaryl/α,β-unsaturated/α-hetero) is 1. The first-order valence-corrected chi connectivity index (χ1v) is 5.09. The molecule has 0 fully saturated rings. The van der Waals surface area contributed by atoms with Gasteiger partial charge in [-0.25, -0.2) is 0 Å². The molecule has 0 aliphatic carbocycles. The molecule has 1 aliphatic heterocycles. The molecule has 74 valence electrons. The Labute approximate surface area is 91.8 Å². The number of carbonyl (C=O) groups is 1. The van der Waals surface area contributed by atoms with Crippen molar-refractivity contribution in [2.24, 2.45) is 0 Å². The van der Waals surface area contributed by atoms with Crippen molar-refractivity contribution in [2.75, 3.05) is 0 Å². The number of rotatable bonds is 1. The first-order chi connectivity index (χ1) is 6.63. The average Bonchev–Trinajstić information content (AvgIpc) is 2.44. The second-order valence-electron chi connectivity index (χ2n) is 3.14. The van der Waals surface area contributed by atoms with Crippen molar-refractivity contribution in [1.82, 2.24) is 0 Å². The smallest absolute Gasteiger partial charge is 0.207 e. The highest BCUT2D eigenvalue weighted by molar-refractivity contribution is 6.36. The number of halogens is 2. The number of fused-ring (bicyclic) bond motifs is 1. The third-order valence-electron chi connectivity index (χ3n) is 2.20. The Hall–Kier alpha value is -0.730. The van der Waals surface area contributed by atoms with Crippen LogP contribution in [0.3, 0.4) is 0 Å². The van der Waals surface area contributed by atoms with Crippen LogP contribution in [0.25, 0.3) is 0 Å². The maximum absolute atomic E-state index is 11.7. The Morgan fingerprint density at radius 1 is 1.43 bits per heavy atom. The van der Waals surface area contributed by atoms with Gasteiger partial charge in [0.1, 0.15) is 5.75 Å². The van der Waals surface area contributed by atoms with Gasteiger partial charge in [-0.05, 0) is 18.6 Å². The summed E-state index contributed by atoms with van der Waals surface area (Å²) in [7, 11) is 0. The van der Waals surface area contributed by atoms with E-state index < -0.39 is 6.10 Å². The van der Waals surface area contributed by atoms with Crippen molar-refractivity contribution >= 4 is 29.0 Å². The first-order valence-electron chi connectivity index (χ1n) is 4.33. The van der Waals surface area contributed by atoms with Gasteiger partial charge in [-0.15, -0.1) is 0 Å². The molecule has 0 saturated heterocycles. The molecule has 1 aromatic rings. The Morgan fingerprint density at radius 2 is 2.14 bits per heavy atom. The highest BCUT2D eigenvalue weighted by Crippen LogP contribution is 2.38. The lowest BCUT2D eigenvalue weighted by atomic mass is 10.1. The van der Waals surface area contributed by atoms with Crippen LogP contribution in [-0.2, 0) is 0 Å². The van der Waals surface area contributed by atoms with Gasteiger partial charge in [0.05, 0.1) is 10.6 Å². The zero-order valence-electron chi connectivity index (χ0n) is 7.51. The number of benzene rings is 1. The van der Waals surface area contributed by atoms with E-state index in [9.17, 15) is 4.79 Å². The molecule has 1 unspecified atom stereocenters. The molecule has 0 saturated carbocycles. The van der Waals surface area contributed by atoms with Crippen LogP contribution < -0.4 is 4.74 Å². The predicted molar refractivity (Wildman–Crippen MR) is 55.5 cm³/mol. The Kier molecular flexibility index (Phi) is 2.41. The van der Waals surface area contributed by atoms with Crippen molar-refractivity contribution in [3.63, 3.8) is 0 Å². The van der Waals surface area contributed by atoms with Crippen LogP contribution in [0, 0.1) is 0 Å². The SMILES string of the molecule is CCC1Oc2c(Cl)cc(Cl)cc2C1=O. The first kappa shape index (κ1) is 9.81. The fourth-order valence-electron chi connectivity index (χ4n) is 1.50. The number of hydrogen-bond acceptors (Lipinski definition) is 2. The lowest BCUT2D eigenvalue weighted by molar-refractivity contribution is 0.0853. The Balaban J connectivity index is 2.53. The van der Waals surface area contributed by atoms with Gasteiger partial charge in [0.25, 0.3) is 0 Å². The number of ketones is 1. The molecule has 0 N–H and O–H groups in total. The molecule has 0 spiro atoms. The minimum atomic E-state index is -0.402. The van der Waals surface area contributed by atoms with Crippen LogP contribution in [0.4, 0.5) is 0 Å². The molecule has 14 heavy (non-hydrogen) atoms. The van der Waals surface area contributed by atoms with Gasteiger partial charge < -0.3 is 4.74 Å². The maximum atomic E-state index is 11.7. The van der Waals surface area contributed by atoms with Crippen molar-refractivity contribution in [2.45, 2.75) is 19.4 Å². The van der Waals surface area contributed by atoms with Gasteiger partial charge in [0, 0.05) is 5.02 Å². The molecule has 0 radical (unpaired) electrons. The van der Waals surface area contributed by atoms with Gasteiger partial charge in [-0.3, -0.25) is 4.79 Å². The van der Waals surface area contributed by atoms with Crippen LogP contribution >= 0.6 is 23.2 Å². The zero-order chi connectivity index (χ0) is 10.3. The van der Waals surface area contributed by atoms with Crippen LogP contribution in [0.2, 0.25) is 10.0 Å². The fourth-order valence-corrected chi connectivity index (χ4v) is 2.04. The van der Waals surface area contributed by atoms with E-state index in [1.54, 1.807) is 12.1 Å². The average molecular weight is 231 g/mol. The molecule has 2 rings (SSSR count). The van der Waals surface area contributed by atoms with E-state index in [2.05, 4.69) is 0 Å². The minimum absolute atomic E-state index is 0.0353. The molecular formula is C10H8Cl2O2. The molecule has 4 heteroatoms. The fraction of sp³-hybridized carbons (Fsp3) is 0.300.